The number of ether oxygens (including phenoxy) is 2. The number of oxime groups is 1. The van der Waals surface area contributed by atoms with Gasteiger partial charge in [-0.15, -0.1) is 0 Å². The average molecular weight is 356 g/mol. The number of rotatable bonds is 7. The van der Waals surface area contributed by atoms with Crippen molar-refractivity contribution in [2.75, 3.05) is 13.7 Å². The molecule has 1 heterocycles. The third-order valence-electron chi connectivity index (χ3n) is 4.65. The zero-order valence-corrected chi connectivity index (χ0v) is 15.4. The first-order valence-corrected chi connectivity index (χ1v) is 8.72. The lowest BCUT2D eigenvalue weighted by Crippen LogP contribution is -2.19. The van der Waals surface area contributed by atoms with E-state index in [0.29, 0.717) is 36.3 Å². The first kappa shape index (κ1) is 18.0. The maximum atomic E-state index is 11.6. The normalized spacial score (nSPS) is 14.3. The maximum absolute atomic E-state index is 11.6. The van der Waals surface area contributed by atoms with Gasteiger partial charge in [-0.2, -0.15) is 0 Å². The van der Waals surface area contributed by atoms with Crippen molar-refractivity contribution in [1.29, 1.82) is 0 Å². The molecule has 0 saturated heterocycles. The van der Waals surface area contributed by atoms with Gasteiger partial charge in [0.1, 0.15) is 5.71 Å². The molecule has 6 heteroatoms. The number of methoxy groups -OCH3 is 1. The highest BCUT2D eigenvalue weighted by Crippen LogP contribution is 2.33. The molecular weight excluding hydrogens is 332 g/mol. The van der Waals surface area contributed by atoms with Crippen LogP contribution >= 0.6 is 0 Å². The second-order valence-electron chi connectivity index (χ2n) is 6.73. The molecule has 26 heavy (non-hydrogen) atoms. The summed E-state index contributed by atoms with van der Waals surface area (Å²) in [4.78, 5) is 11.6. The summed E-state index contributed by atoms with van der Waals surface area (Å²) in [7, 11) is 1.60. The van der Waals surface area contributed by atoms with Crippen LogP contribution in [0.25, 0.3) is 0 Å². The molecule has 3 rings (SSSR count). The zero-order valence-electron chi connectivity index (χ0n) is 15.4. The van der Waals surface area contributed by atoms with Crippen LogP contribution in [-0.4, -0.2) is 29.2 Å². The topological polar surface area (TPSA) is 73.1 Å². The van der Waals surface area contributed by atoms with Crippen LogP contribution in [0, 0.1) is 19.8 Å². The van der Waals surface area contributed by atoms with E-state index in [-0.39, 0.29) is 5.43 Å². The summed E-state index contributed by atoms with van der Waals surface area (Å²) < 4.78 is 13.2. The summed E-state index contributed by atoms with van der Waals surface area (Å²) in [6.07, 6.45) is 2.41. The number of nitrogens with zero attached hydrogens (tertiary/aromatic N) is 2. The molecule has 1 saturated carbocycles. The molecule has 1 aromatic carbocycles. The molecule has 138 valence electrons. The molecule has 0 bridgehead atoms. The van der Waals surface area contributed by atoms with Crippen molar-refractivity contribution in [3.8, 4) is 11.5 Å². The molecule has 6 nitrogen and oxygen atoms in total. The Morgan fingerprint density at radius 3 is 2.46 bits per heavy atom. The molecule has 1 aliphatic rings. The van der Waals surface area contributed by atoms with Crippen molar-refractivity contribution in [1.82, 2.24) is 4.57 Å². The van der Waals surface area contributed by atoms with Crippen LogP contribution in [0.4, 0.5) is 0 Å². The Labute approximate surface area is 152 Å². The zero-order chi connectivity index (χ0) is 18.7. The summed E-state index contributed by atoms with van der Waals surface area (Å²) in [5.41, 5.74) is 2.83. The van der Waals surface area contributed by atoms with Crippen LogP contribution in [0.1, 0.15) is 29.8 Å². The number of hydrogen-bond donors (Lipinski definition) is 1. The van der Waals surface area contributed by atoms with Crippen molar-refractivity contribution in [2.45, 2.75) is 33.2 Å². The Kier molecular flexibility index (Phi) is 5.30. The third kappa shape index (κ3) is 4.07. The molecule has 0 aliphatic heterocycles. The van der Waals surface area contributed by atoms with Gasteiger partial charge in [-0.1, -0.05) is 5.16 Å². The van der Waals surface area contributed by atoms with E-state index < -0.39 is 0 Å². The number of aryl methyl sites for hydroxylation is 2. The molecule has 1 aromatic heterocycles. The molecule has 1 aliphatic carbocycles. The predicted octanol–water partition coefficient (Wildman–Crippen LogP) is 3.14. The van der Waals surface area contributed by atoms with E-state index >= 15 is 0 Å². The highest BCUT2D eigenvalue weighted by atomic mass is 16.5. The first-order valence-electron chi connectivity index (χ1n) is 8.72. The van der Waals surface area contributed by atoms with Gasteiger partial charge < -0.3 is 19.2 Å². The predicted molar refractivity (Wildman–Crippen MR) is 99.7 cm³/mol. The van der Waals surface area contributed by atoms with E-state index in [0.717, 1.165) is 17.0 Å². The average Bonchev–Trinajstić information content (AvgIpc) is 3.43. The lowest BCUT2D eigenvalue weighted by Gasteiger charge is -2.16. The maximum Gasteiger partial charge on any atom is 0.182 e. The van der Waals surface area contributed by atoms with Crippen LogP contribution in [0.15, 0.2) is 40.3 Å². The van der Waals surface area contributed by atoms with E-state index in [2.05, 4.69) is 5.16 Å². The molecule has 1 N–H and O–H groups in total. The summed E-state index contributed by atoms with van der Waals surface area (Å²) in [6.45, 7) is 4.75. The Morgan fingerprint density at radius 2 is 1.88 bits per heavy atom. The van der Waals surface area contributed by atoms with E-state index in [1.165, 1.54) is 12.8 Å². The van der Waals surface area contributed by atoms with E-state index in [1.807, 2.05) is 36.6 Å². The van der Waals surface area contributed by atoms with E-state index in [1.54, 1.807) is 19.2 Å². The van der Waals surface area contributed by atoms with E-state index in [4.69, 9.17) is 9.47 Å². The number of pyridine rings is 1. The Balaban J connectivity index is 1.88. The lowest BCUT2D eigenvalue weighted by atomic mass is 10.1. The molecule has 0 spiro atoms. The van der Waals surface area contributed by atoms with Gasteiger partial charge in [-0.25, -0.2) is 0 Å². The highest BCUT2D eigenvalue weighted by Gasteiger charge is 2.23. The van der Waals surface area contributed by atoms with Crippen LogP contribution in [0.3, 0.4) is 0 Å². The van der Waals surface area contributed by atoms with Crippen molar-refractivity contribution in [2.24, 2.45) is 11.1 Å². The lowest BCUT2D eigenvalue weighted by molar-refractivity contribution is 0.280. The molecule has 0 atom stereocenters. The van der Waals surface area contributed by atoms with Gasteiger partial charge in [0.2, 0.25) is 0 Å². The smallest absolute Gasteiger partial charge is 0.182 e. The fourth-order valence-electron chi connectivity index (χ4n) is 2.93. The molecule has 1 fully saturated rings. The minimum Gasteiger partial charge on any atom is -0.493 e. The third-order valence-corrected chi connectivity index (χ3v) is 4.65. The van der Waals surface area contributed by atoms with Crippen LogP contribution in [0.5, 0.6) is 11.5 Å². The van der Waals surface area contributed by atoms with Gasteiger partial charge in [0.15, 0.2) is 16.9 Å². The molecule has 0 radical (unpaired) electrons. The van der Waals surface area contributed by atoms with Gasteiger partial charge in [-0.05, 0) is 50.8 Å². The number of hydrogen-bond acceptors (Lipinski definition) is 5. The van der Waals surface area contributed by atoms with Gasteiger partial charge in [0, 0.05) is 29.1 Å². The molecule has 0 amide bonds. The Bertz CT molecular complexity index is 856. The second-order valence-corrected chi connectivity index (χ2v) is 6.73. The highest BCUT2D eigenvalue weighted by molar-refractivity contribution is 6.00. The minimum absolute atomic E-state index is 0.0288. The van der Waals surface area contributed by atoms with Crippen LogP contribution in [-0.2, 0) is 6.54 Å². The Hall–Kier alpha value is -2.76. The van der Waals surface area contributed by atoms with Gasteiger partial charge >= 0.3 is 0 Å². The minimum atomic E-state index is -0.0288. The molecular formula is C20H24N2O4. The summed E-state index contributed by atoms with van der Waals surface area (Å²) in [5.74, 6) is 1.93. The van der Waals surface area contributed by atoms with Crippen molar-refractivity contribution in [3.05, 3.63) is 57.5 Å². The molecule has 0 unspecified atom stereocenters. The van der Waals surface area contributed by atoms with Gasteiger partial charge in [0.25, 0.3) is 0 Å². The molecule has 2 aromatic rings. The standard InChI is InChI=1S/C20H24N2O4/c1-13-8-17(23)9-14(2)22(13)11-18(21-24)16-6-7-19(25-3)20(10-16)26-12-15-4-5-15/h6-10,15,24H,4-5,11-12H2,1-3H3/b21-18+. The fourth-order valence-corrected chi connectivity index (χ4v) is 2.93. The Morgan fingerprint density at radius 1 is 1.19 bits per heavy atom. The number of aromatic nitrogens is 1. The van der Waals surface area contributed by atoms with E-state index in [9.17, 15) is 10.0 Å². The van der Waals surface area contributed by atoms with Gasteiger partial charge in [0.05, 0.1) is 20.3 Å². The summed E-state index contributed by atoms with van der Waals surface area (Å²) in [5, 5.41) is 13.0. The van der Waals surface area contributed by atoms with Crippen LogP contribution in [0.2, 0.25) is 0 Å². The van der Waals surface area contributed by atoms with Crippen molar-refractivity contribution in [3.63, 3.8) is 0 Å². The van der Waals surface area contributed by atoms with Crippen molar-refractivity contribution >= 4 is 5.71 Å². The monoisotopic (exact) mass is 356 g/mol. The summed E-state index contributed by atoms with van der Waals surface area (Å²) >= 11 is 0. The van der Waals surface area contributed by atoms with Gasteiger partial charge in [-0.3, -0.25) is 4.79 Å². The van der Waals surface area contributed by atoms with Crippen LogP contribution < -0.4 is 14.9 Å². The quantitative estimate of drug-likeness (QED) is 0.470. The fraction of sp³-hybridized carbons (Fsp3) is 0.400. The first-order chi connectivity index (χ1) is 12.5. The van der Waals surface area contributed by atoms with Crippen molar-refractivity contribution < 1.29 is 14.7 Å². The largest absolute Gasteiger partial charge is 0.493 e. The number of benzene rings is 1. The second kappa shape index (κ2) is 7.64. The summed E-state index contributed by atoms with van der Waals surface area (Å²) in [6, 6.07) is 8.63. The SMILES string of the molecule is COc1ccc(/C(Cn2c(C)cc(=O)cc2C)=N/O)cc1OCC1CC1.